The number of ether oxygens (including phenoxy) is 4. The van der Waals surface area contributed by atoms with Crippen LogP contribution in [-0.2, 0) is 62.9 Å². The van der Waals surface area contributed by atoms with Crippen molar-refractivity contribution in [3.63, 3.8) is 0 Å². The molecule has 7 rings (SSSR count). The van der Waals surface area contributed by atoms with Crippen LogP contribution >= 0.6 is 0 Å². The predicted octanol–water partition coefficient (Wildman–Crippen LogP) is 3.77. The Labute approximate surface area is 275 Å². The summed E-state index contributed by atoms with van der Waals surface area (Å²) in [4.78, 5) is 0. The molecule has 3 aromatic carbocycles. The quantitative estimate of drug-likeness (QED) is 0.123. The number of phenols is 3. The maximum Gasteiger partial charge on any atom is 0.122 e. The van der Waals surface area contributed by atoms with Crippen molar-refractivity contribution in [2.45, 2.75) is 101 Å². The van der Waals surface area contributed by atoms with Crippen molar-refractivity contribution < 1.29 is 44.5 Å². The summed E-state index contributed by atoms with van der Waals surface area (Å²) in [6.07, 6.45) is 1.60. The van der Waals surface area contributed by atoms with Crippen molar-refractivity contribution in [2.24, 2.45) is 0 Å². The largest absolute Gasteiger partial charge is 0.507 e. The van der Waals surface area contributed by atoms with Crippen LogP contribution in [0.5, 0.6) is 17.2 Å². The Morgan fingerprint density at radius 1 is 0.532 bits per heavy atom. The molecule has 4 aliphatic rings. The first-order chi connectivity index (χ1) is 22.5. The Hall–Kier alpha value is -3.18. The van der Waals surface area contributed by atoms with Crippen molar-refractivity contribution in [1.82, 2.24) is 0 Å². The molecule has 6 atom stereocenters. The highest BCUT2D eigenvalue weighted by molar-refractivity contribution is 5.60. The van der Waals surface area contributed by atoms with Gasteiger partial charge in [-0.1, -0.05) is 36.4 Å². The van der Waals surface area contributed by atoms with Crippen molar-refractivity contribution >= 4 is 0 Å². The van der Waals surface area contributed by atoms with Gasteiger partial charge in [0.1, 0.15) is 17.2 Å². The van der Waals surface area contributed by atoms with Crippen LogP contribution in [0.4, 0.5) is 0 Å². The molecule has 4 saturated heterocycles. The highest BCUT2D eigenvalue weighted by Gasteiger charge is 2.38. The van der Waals surface area contributed by atoms with E-state index >= 15 is 0 Å². The summed E-state index contributed by atoms with van der Waals surface area (Å²) in [5, 5.41) is 55.2. The predicted molar refractivity (Wildman–Crippen MR) is 174 cm³/mol. The molecule has 4 fully saturated rings. The topological polar surface area (TPSA) is 151 Å². The SMILES string of the molecule is CC(O)Cc1cc(C(C)(c2cc(CC3CO3)c(O)c(CC3CO3)c2)c2cc(CC3CO3)c(O)c(CC3CO3)c2)cc(CC(C)O)c1O. The maximum atomic E-state index is 11.5. The van der Waals surface area contributed by atoms with Crippen LogP contribution in [0.3, 0.4) is 0 Å². The van der Waals surface area contributed by atoms with Crippen LogP contribution in [-0.4, -0.2) is 88.6 Å². The minimum Gasteiger partial charge on any atom is -0.507 e. The van der Waals surface area contributed by atoms with E-state index in [0.717, 1.165) is 38.9 Å². The molecule has 4 heterocycles. The summed E-state index contributed by atoms with van der Waals surface area (Å²) in [7, 11) is 0. The van der Waals surface area contributed by atoms with E-state index in [2.05, 4.69) is 31.2 Å². The third-order valence-corrected chi connectivity index (χ3v) is 9.97. The zero-order valence-corrected chi connectivity index (χ0v) is 27.4. The lowest BCUT2D eigenvalue weighted by atomic mass is 9.68. The molecule has 9 nitrogen and oxygen atoms in total. The highest BCUT2D eigenvalue weighted by atomic mass is 16.6. The smallest absolute Gasteiger partial charge is 0.122 e. The zero-order valence-electron chi connectivity index (χ0n) is 27.4. The van der Waals surface area contributed by atoms with Gasteiger partial charge in [-0.2, -0.15) is 0 Å². The van der Waals surface area contributed by atoms with Gasteiger partial charge in [0.15, 0.2) is 0 Å². The average molecular weight is 647 g/mol. The normalized spacial score (nSPS) is 25.2. The Balaban J connectivity index is 1.47. The van der Waals surface area contributed by atoms with Crippen LogP contribution < -0.4 is 0 Å². The molecule has 0 saturated carbocycles. The third-order valence-electron chi connectivity index (χ3n) is 9.97. The Bertz CT molecular complexity index is 1360. The summed E-state index contributed by atoms with van der Waals surface area (Å²) in [5.74, 6) is 0.605. The molecule has 3 aromatic rings. The van der Waals surface area contributed by atoms with Crippen LogP contribution in [0, 0.1) is 0 Å². The van der Waals surface area contributed by atoms with Crippen molar-refractivity contribution in [1.29, 1.82) is 0 Å². The minimum atomic E-state index is -0.855. The van der Waals surface area contributed by atoms with Crippen LogP contribution in [0.25, 0.3) is 0 Å². The summed E-state index contributed by atoms with van der Waals surface area (Å²) < 4.78 is 22.3. The van der Waals surface area contributed by atoms with Crippen LogP contribution in [0.15, 0.2) is 36.4 Å². The van der Waals surface area contributed by atoms with Gasteiger partial charge in [-0.3, -0.25) is 0 Å². The van der Waals surface area contributed by atoms with Crippen molar-refractivity contribution in [3.8, 4) is 17.2 Å². The minimum absolute atomic E-state index is 0.0559. The molecule has 47 heavy (non-hydrogen) atoms. The summed E-state index contributed by atoms with van der Waals surface area (Å²) >= 11 is 0. The first-order valence-electron chi connectivity index (χ1n) is 16.9. The first-order valence-corrected chi connectivity index (χ1v) is 16.9. The second kappa shape index (κ2) is 12.7. The number of aliphatic hydroxyl groups is 2. The fourth-order valence-electron chi connectivity index (χ4n) is 6.94. The standard InChI is InChI=1S/C38H46O9/c1-20(39)4-22-6-28(7-23(35(22)41)5-21(2)40)38(3,29-8-24(12-31-16-44-31)36(42)25(9-29)13-32-17-45-32)30-10-26(14-33-18-46-33)37(43)27(11-30)15-34-19-47-34/h6-11,20-21,31-34,39-43H,4-5,12-19H2,1-3H3. The van der Waals surface area contributed by atoms with Crippen molar-refractivity contribution in [3.05, 3.63) is 86.5 Å². The molecule has 252 valence electrons. The Morgan fingerprint density at radius 3 is 1.00 bits per heavy atom. The second-order valence-corrected chi connectivity index (χ2v) is 14.3. The summed E-state index contributed by atoms with van der Waals surface area (Å²) in [6.45, 7) is 8.14. The molecular weight excluding hydrogens is 600 g/mol. The van der Waals surface area contributed by atoms with E-state index < -0.39 is 17.6 Å². The molecule has 5 N–H and O–H groups in total. The van der Waals surface area contributed by atoms with E-state index in [1.165, 1.54) is 0 Å². The number of aromatic hydroxyl groups is 3. The van der Waals surface area contributed by atoms with Gasteiger partial charge in [-0.25, -0.2) is 0 Å². The molecule has 0 aliphatic carbocycles. The van der Waals surface area contributed by atoms with E-state index in [1.807, 2.05) is 12.1 Å². The fraction of sp³-hybridized carbons (Fsp3) is 0.526. The van der Waals surface area contributed by atoms with Crippen LogP contribution in [0.2, 0.25) is 0 Å². The van der Waals surface area contributed by atoms with E-state index in [4.69, 9.17) is 18.9 Å². The number of epoxide rings is 4. The number of hydrogen-bond acceptors (Lipinski definition) is 9. The van der Waals surface area contributed by atoms with Crippen molar-refractivity contribution in [2.75, 3.05) is 26.4 Å². The van der Waals surface area contributed by atoms with E-state index in [0.29, 0.717) is 63.2 Å². The van der Waals surface area contributed by atoms with E-state index in [-0.39, 0.29) is 54.5 Å². The van der Waals surface area contributed by atoms with E-state index in [1.54, 1.807) is 13.8 Å². The number of benzene rings is 3. The molecular formula is C38H46O9. The first kappa shape index (κ1) is 32.4. The fourth-order valence-corrected chi connectivity index (χ4v) is 6.94. The average Bonchev–Trinajstić information content (AvgIpc) is 3.83. The number of aliphatic hydroxyl groups excluding tert-OH is 2. The number of phenolic OH excluding ortho intramolecular Hbond substituents is 3. The monoisotopic (exact) mass is 646 g/mol. The van der Waals surface area contributed by atoms with Gasteiger partial charge in [0.05, 0.1) is 63.1 Å². The molecule has 0 amide bonds. The lowest BCUT2D eigenvalue weighted by Gasteiger charge is -2.35. The zero-order chi connectivity index (χ0) is 33.0. The van der Waals surface area contributed by atoms with Gasteiger partial charge in [-0.05, 0) is 70.8 Å². The molecule has 0 bridgehead atoms. The lowest BCUT2D eigenvalue weighted by Crippen LogP contribution is -2.28. The lowest BCUT2D eigenvalue weighted by molar-refractivity contribution is 0.191. The Kier molecular flexibility index (Phi) is 8.74. The number of hydrogen-bond donors (Lipinski definition) is 5. The second-order valence-electron chi connectivity index (χ2n) is 14.3. The highest BCUT2D eigenvalue weighted by Crippen LogP contribution is 2.47. The Morgan fingerprint density at radius 2 is 0.766 bits per heavy atom. The van der Waals surface area contributed by atoms with Gasteiger partial charge >= 0.3 is 0 Å². The number of rotatable bonds is 15. The molecule has 0 radical (unpaired) electrons. The van der Waals surface area contributed by atoms with Gasteiger partial charge in [0, 0.05) is 43.9 Å². The summed E-state index contributed by atoms with van der Waals surface area (Å²) in [6, 6.07) is 12.1. The molecule has 0 aromatic heterocycles. The van der Waals surface area contributed by atoms with Gasteiger partial charge in [0.2, 0.25) is 0 Å². The van der Waals surface area contributed by atoms with Gasteiger partial charge < -0.3 is 44.5 Å². The molecule has 6 unspecified atom stereocenters. The summed E-state index contributed by atoms with van der Waals surface area (Å²) in [5.41, 5.74) is 6.27. The maximum absolute atomic E-state index is 11.5. The molecule has 9 heteroatoms. The van der Waals surface area contributed by atoms with Gasteiger partial charge in [-0.15, -0.1) is 0 Å². The third kappa shape index (κ3) is 7.31. The van der Waals surface area contributed by atoms with Crippen LogP contribution in [0.1, 0.15) is 70.8 Å². The molecule has 0 spiro atoms. The molecule has 4 aliphatic heterocycles. The van der Waals surface area contributed by atoms with E-state index in [9.17, 15) is 25.5 Å². The van der Waals surface area contributed by atoms with Gasteiger partial charge in [0.25, 0.3) is 0 Å².